The molecule has 0 saturated carbocycles. The second-order valence-electron chi connectivity index (χ2n) is 5.71. The first-order valence-electron chi connectivity index (χ1n) is 7.52. The van der Waals surface area contributed by atoms with E-state index >= 15 is 0 Å². The Morgan fingerprint density at radius 3 is 2.77 bits per heavy atom. The number of anilines is 2. The Kier molecular flexibility index (Phi) is 4.48. The molecule has 0 radical (unpaired) electrons. The van der Waals surface area contributed by atoms with E-state index in [1.807, 2.05) is 24.3 Å². The van der Waals surface area contributed by atoms with Gasteiger partial charge in [0.2, 0.25) is 5.91 Å². The third kappa shape index (κ3) is 3.50. The summed E-state index contributed by atoms with van der Waals surface area (Å²) in [6, 6.07) is 14.1. The molecular weight excluding hydrogens is 340 g/mol. The lowest BCUT2D eigenvalue weighted by Crippen LogP contribution is -2.36. The molecular formula is C18H19BrN2O. The molecule has 0 bridgehead atoms. The number of carbonyl (C=O) groups is 1. The van der Waals surface area contributed by atoms with Crippen LogP contribution in [0, 0.1) is 6.92 Å². The van der Waals surface area contributed by atoms with E-state index in [1.54, 1.807) is 0 Å². The van der Waals surface area contributed by atoms with Gasteiger partial charge in [-0.25, -0.2) is 0 Å². The summed E-state index contributed by atoms with van der Waals surface area (Å²) >= 11 is 3.39. The number of halogens is 1. The lowest BCUT2D eigenvalue weighted by Gasteiger charge is -2.31. The molecule has 3 rings (SSSR count). The number of hydrogen-bond donors (Lipinski definition) is 1. The van der Waals surface area contributed by atoms with Crippen LogP contribution in [0.4, 0.5) is 11.4 Å². The van der Waals surface area contributed by atoms with E-state index in [-0.39, 0.29) is 5.91 Å². The number of benzene rings is 2. The van der Waals surface area contributed by atoms with Gasteiger partial charge in [0, 0.05) is 22.4 Å². The largest absolute Gasteiger partial charge is 0.362 e. The number of nitrogens with zero attached hydrogens (tertiary/aromatic N) is 1. The first-order chi connectivity index (χ1) is 10.6. The van der Waals surface area contributed by atoms with Crippen molar-refractivity contribution in [2.45, 2.75) is 19.8 Å². The van der Waals surface area contributed by atoms with Crippen LogP contribution in [0.2, 0.25) is 0 Å². The van der Waals surface area contributed by atoms with Crippen LogP contribution < -0.4 is 10.2 Å². The molecule has 0 spiro atoms. The van der Waals surface area contributed by atoms with Crippen LogP contribution in [0.25, 0.3) is 0 Å². The monoisotopic (exact) mass is 358 g/mol. The minimum atomic E-state index is 0.0238. The van der Waals surface area contributed by atoms with Gasteiger partial charge in [-0.3, -0.25) is 4.79 Å². The fourth-order valence-corrected chi connectivity index (χ4v) is 3.14. The van der Waals surface area contributed by atoms with Gasteiger partial charge in [-0.2, -0.15) is 0 Å². The van der Waals surface area contributed by atoms with Crippen molar-refractivity contribution in [3.05, 3.63) is 58.1 Å². The molecule has 3 nitrogen and oxygen atoms in total. The Morgan fingerprint density at radius 2 is 2.00 bits per heavy atom. The molecule has 0 fully saturated rings. The zero-order valence-corrected chi connectivity index (χ0v) is 14.2. The van der Waals surface area contributed by atoms with E-state index in [1.165, 1.54) is 16.8 Å². The average Bonchev–Trinajstić information content (AvgIpc) is 2.49. The van der Waals surface area contributed by atoms with Crippen LogP contribution in [0.3, 0.4) is 0 Å². The molecule has 1 heterocycles. The Hall–Kier alpha value is -1.81. The van der Waals surface area contributed by atoms with E-state index in [9.17, 15) is 4.79 Å². The third-order valence-electron chi connectivity index (χ3n) is 3.91. The number of fused-ring (bicyclic) bond motifs is 1. The van der Waals surface area contributed by atoms with Gasteiger partial charge in [-0.05, 0) is 55.7 Å². The predicted molar refractivity (Wildman–Crippen MR) is 94.5 cm³/mol. The summed E-state index contributed by atoms with van der Waals surface area (Å²) in [7, 11) is 0. The highest BCUT2D eigenvalue weighted by atomic mass is 79.9. The van der Waals surface area contributed by atoms with Crippen molar-refractivity contribution < 1.29 is 4.79 Å². The first-order valence-corrected chi connectivity index (χ1v) is 8.31. The summed E-state index contributed by atoms with van der Waals surface area (Å²) in [6.45, 7) is 3.44. The molecule has 0 aliphatic carbocycles. The van der Waals surface area contributed by atoms with Crippen molar-refractivity contribution in [3.63, 3.8) is 0 Å². The van der Waals surface area contributed by atoms with Crippen molar-refractivity contribution in [2.24, 2.45) is 0 Å². The van der Waals surface area contributed by atoms with Crippen molar-refractivity contribution in [2.75, 3.05) is 23.3 Å². The van der Waals surface area contributed by atoms with Gasteiger partial charge in [0.05, 0.1) is 6.54 Å². The number of hydrogen-bond acceptors (Lipinski definition) is 2. The average molecular weight is 359 g/mol. The molecule has 0 unspecified atom stereocenters. The highest BCUT2D eigenvalue weighted by Crippen LogP contribution is 2.27. The van der Waals surface area contributed by atoms with Gasteiger partial charge < -0.3 is 10.2 Å². The van der Waals surface area contributed by atoms with E-state index in [4.69, 9.17) is 0 Å². The van der Waals surface area contributed by atoms with Gasteiger partial charge in [0.1, 0.15) is 0 Å². The molecule has 2 aromatic rings. The third-order valence-corrected chi connectivity index (χ3v) is 4.44. The van der Waals surface area contributed by atoms with Gasteiger partial charge in [-0.1, -0.05) is 33.6 Å². The highest BCUT2D eigenvalue weighted by molar-refractivity contribution is 9.10. The molecule has 0 atom stereocenters. The summed E-state index contributed by atoms with van der Waals surface area (Å²) in [4.78, 5) is 14.5. The number of aryl methyl sites for hydroxylation is 2. The van der Waals surface area contributed by atoms with E-state index < -0.39 is 0 Å². The Morgan fingerprint density at radius 1 is 1.23 bits per heavy atom. The van der Waals surface area contributed by atoms with E-state index in [2.05, 4.69) is 51.3 Å². The van der Waals surface area contributed by atoms with Crippen molar-refractivity contribution >= 4 is 33.2 Å². The van der Waals surface area contributed by atoms with Crippen LogP contribution >= 0.6 is 15.9 Å². The Labute approximate surface area is 139 Å². The predicted octanol–water partition coefficient (Wildman–Crippen LogP) is 4.15. The molecule has 1 aliphatic rings. The molecule has 1 aliphatic heterocycles. The zero-order chi connectivity index (χ0) is 15.5. The van der Waals surface area contributed by atoms with Crippen molar-refractivity contribution in [1.82, 2.24) is 0 Å². The fourth-order valence-electron chi connectivity index (χ4n) is 2.88. The van der Waals surface area contributed by atoms with Crippen LogP contribution in [0.1, 0.15) is 17.5 Å². The fraction of sp³-hybridized carbons (Fsp3) is 0.278. The van der Waals surface area contributed by atoms with E-state index in [0.29, 0.717) is 6.54 Å². The quantitative estimate of drug-likeness (QED) is 0.893. The number of carbonyl (C=O) groups excluding carboxylic acids is 1. The smallest absolute Gasteiger partial charge is 0.243 e. The van der Waals surface area contributed by atoms with Crippen LogP contribution in [-0.2, 0) is 11.2 Å². The molecule has 1 N–H and O–H groups in total. The summed E-state index contributed by atoms with van der Waals surface area (Å²) in [6.07, 6.45) is 2.20. The number of rotatable bonds is 3. The summed E-state index contributed by atoms with van der Waals surface area (Å²) in [5.74, 6) is 0.0238. The summed E-state index contributed by atoms with van der Waals surface area (Å²) < 4.78 is 1.01. The maximum Gasteiger partial charge on any atom is 0.243 e. The molecule has 22 heavy (non-hydrogen) atoms. The number of nitrogens with one attached hydrogen (secondary N) is 1. The van der Waals surface area contributed by atoms with Crippen LogP contribution in [0.15, 0.2) is 46.9 Å². The normalized spacial score (nSPS) is 13.6. The van der Waals surface area contributed by atoms with Gasteiger partial charge in [-0.15, -0.1) is 0 Å². The second kappa shape index (κ2) is 6.53. The Balaban J connectivity index is 1.69. The summed E-state index contributed by atoms with van der Waals surface area (Å²) in [5, 5.41) is 2.96. The maximum atomic E-state index is 12.3. The molecule has 1 amide bonds. The van der Waals surface area contributed by atoms with Crippen molar-refractivity contribution in [3.8, 4) is 0 Å². The summed E-state index contributed by atoms with van der Waals surface area (Å²) in [5.41, 5.74) is 4.65. The standard InChI is InChI=1S/C18H19BrN2O/c1-13-4-9-17-14(11-13)3-2-10-21(17)12-18(22)20-16-7-5-15(19)6-8-16/h4-9,11H,2-3,10,12H2,1H3,(H,20,22). The van der Waals surface area contributed by atoms with Crippen LogP contribution in [0.5, 0.6) is 0 Å². The van der Waals surface area contributed by atoms with Gasteiger partial charge in [0.25, 0.3) is 0 Å². The number of amides is 1. The SMILES string of the molecule is Cc1ccc2c(c1)CCCN2CC(=O)Nc1ccc(Br)cc1. The minimum absolute atomic E-state index is 0.0238. The lowest BCUT2D eigenvalue weighted by atomic mass is 9.99. The van der Waals surface area contributed by atoms with Crippen molar-refractivity contribution in [1.29, 1.82) is 0 Å². The molecule has 2 aromatic carbocycles. The molecule has 0 saturated heterocycles. The topological polar surface area (TPSA) is 32.3 Å². The second-order valence-corrected chi connectivity index (χ2v) is 6.63. The van der Waals surface area contributed by atoms with Gasteiger partial charge >= 0.3 is 0 Å². The lowest BCUT2D eigenvalue weighted by molar-refractivity contribution is -0.115. The van der Waals surface area contributed by atoms with E-state index in [0.717, 1.165) is 29.5 Å². The maximum absolute atomic E-state index is 12.3. The molecule has 0 aromatic heterocycles. The van der Waals surface area contributed by atoms with Crippen LogP contribution in [-0.4, -0.2) is 19.0 Å². The zero-order valence-electron chi connectivity index (χ0n) is 12.6. The molecule has 114 valence electrons. The Bertz CT molecular complexity index is 682. The first kappa shape index (κ1) is 15.1. The minimum Gasteiger partial charge on any atom is -0.362 e. The van der Waals surface area contributed by atoms with Gasteiger partial charge in [0.15, 0.2) is 0 Å². The highest BCUT2D eigenvalue weighted by Gasteiger charge is 2.19. The molecule has 4 heteroatoms.